The summed E-state index contributed by atoms with van der Waals surface area (Å²) in [5, 5.41) is 12.8. The van der Waals surface area contributed by atoms with Gasteiger partial charge in [-0.05, 0) is 36.7 Å². The molecular weight excluding hydrogens is 513 g/mol. The van der Waals surface area contributed by atoms with Gasteiger partial charge in [-0.1, -0.05) is 39.0 Å². The van der Waals surface area contributed by atoms with E-state index in [1.165, 1.54) is 6.33 Å². The number of hydrogen-bond donors (Lipinski definition) is 3. The summed E-state index contributed by atoms with van der Waals surface area (Å²) in [5.74, 6) is -0.473. The number of amides is 1. The molecule has 37 heavy (non-hydrogen) atoms. The molecule has 13 heteroatoms. The van der Waals surface area contributed by atoms with E-state index in [1.54, 1.807) is 30.6 Å². The quantitative estimate of drug-likeness (QED) is 0.283. The zero-order valence-corrected chi connectivity index (χ0v) is 23.6. The highest BCUT2D eigenvalue weighted by atomic mass is 31.1. The number of nitrogens with zero attached hydrogens (tertiary/aromatic N) is 4. The molecule has 11 nitrogen and oxygen atoms in total. The maximum Gasteiger partial charge on any atom is 0.316 e. The number of carbonyl (C=O) groups excluding carboxylic acids is 1. The Labute approximate surface area is 217 Å². The van der Waals surface area contributed by atoms with E-state index < -0.39 is 34.7 Å². The molecule has 3 N–H and O–H groups in total. The number of nitrogens with one attached hydrogen (secondary N) is 1. The number of carbonyl (C=O) groups is 1. The third-order valence-electron chi connectivity index (χ3n) is 7.40. The van der Waals surface area contributed by atoms with Gasteiger partial charge < -0.3 is 28.8 Å². The van der Waals surface area contributed by atoms with Crippen LogP contribution in [0.15, 0.2) is 43.0 Å². The van der Waals surface area contributed by atoms with Crippen LogP contribution in [0.1, 0.15) is 43.6 Å². The molecular formula is C24H34N5O6PSi. The second kappa shape index (κ2) is 10.7. The first-order valence-electron chi connectivity index (χ1n) is 12.1. The molecule has 3 aromatic rings. The molecule has 2 aromatic heterocycles. The lowest BCUT2D eigenvalue weighted by atomic mass is 10.1. The molecule has 4 rings (SSSR count). The van der Waals surface area contributed by atoms with E-state index in [0.717, 1.165) is 0 Å². The van der Waals surface area contributed by atoms with Crippen LogP contribution in [0, 0.1) is 5.92 Å². The van der Waals surface area contributed by atoms with Crippen LogP contribution in [0.4, 0.5) is 5.82 Å². The molecule has 1 aromatic carbocycles. The van der Waals surface area contributed by atoms with Crippen LogP contribution in [0.3, 0.4) is 0 Å². The van der Waals surface area contributed by atoms with E-state index in [1.807, 2.05) is 10.6 Å². The normalized spacial score (nSPS) is 23.3. The van der Waals surface area contributed by atoms with Crippen molar-refractivity contribution in [3.8, 4) is 0 Å². The fraction of sp³-hybridized carbons (Fsp3) is 0.500. The summed E-state index contributed by atoms with van der Waals surface area (Å²) in [6.45, 7) is 10.3. The molecule has 200 valence electrons. The maximum atomic E-state index is 12.7. The van der Waals surface area contributed by atoms with Crippen LogP contribution in [0.2, 0.25) is 18.1 Å². The molecule has 5 atom stereocenters. The van der Waals surface area contributed by atoms with Crippen LogP contribution >= 0.6 is 8.25 Å². The lowest BCUT2D eigenvalue weighted by Gasteiger charge is -2.41. The Bertz CT molecular complexity index is 1280. The number of aliphatic hydroxyl groups is 1. The Balaban J connectivity index is 1.72. The van der Waals surface area contributed by atoms with Gasteiger partial charge >= 0.3 is 8.25 Å². The fourth-order valence-corrected chi connectivity index (χ4v) is 6.30. The van der Waals surface area contributed by atoms with Crippen molar-refractivity contribution >= 4 is 39.5 Å². The fourth-order valence-electron chi connectivity index (χ4n) is 4.41. The van der Waals surface area contributed by atoms with E-state index in [-0.39, 0.29) is 29.4 Å². The summed E-state index contributed by atoms with van der Waals surface area (Å²) >= 11 is 0. The van der Waals surface area contributed by atoms with Crippen LogP contribution < -0.4 is 5.32 Å². The maximum absolute atomic E-state index is 12.7. The van der Waals surface area contributed by atoms with Crippen molar-refractivity contribution in [2.45, 2.75) is 63.6 Å². The van der Waals surface area contributed by atoms with E-state index >= 15 is 0 Å². The molecule has 1 fully saturated rings. The van der Waals surface area contributed by atoms with E-state index in [4.69, 9.17) is 8.95 Å². The predicted octanol–water partition coefficient (Wildman–Crippen LogP) is 3.79. The van der Waals surface area contributed by atoms with Gasteiger partial charge in [0, 0.05) is 18.1 Å². The number of aromatic nitrogens is 4. The van der Waals surface area contributed by atoms with Gasteiger partial charge in [-0.25, -0.2) is 15.0 Å². The van der Waals surface area contributed by atoms with Crippen LogP contribution in [0.5, 0.6) is 0 Å². The third kappa shape index (κ3) is 5.69. The molecule has 0 saturated heterocycles. The van der Waals surface area contributed by atoms with Crippen molar-refractivity contribution in [3.63, 3.8) is 0 Å². The first kappa shape index (κ1) is 27.6. The summed E-state index contributed by atoms with van der Waals surface area (Å²) in [5.41, 5.74) is 1.36. The highest BCUT2D eigenvalue weighted by Gasteiger charge is 2.51. The van der Waals surface area contributed by atoms with Gasteiger partial charge in [0.25, 0.3) is 5.91 Å². The molecule has 1 aliphatic rings. The van der Waals surface area contributed by atoms with E-state index in [9.17, 15) is 19.4 Å². The highest BCUT2D eigenvalue weighted by Crippen LogP contribution is 2.47. The molecule has 1 amide bonds. The van der Waals surface area contributed by atoms with Gasteiger partial charge in [-0.3, -0.25) is 9.36 Å². The predicted molar refractivity (Wildman–Crippen MR) is 142 cm³/mol. The zero-order valence-electron chi connectivity index (χ0n) is 21.6. The number of imidazole rings is 1. The molecule has 0 bridgehead atoms. The summed E-state index contributed by atoms with van der Waals surface area (Å²) in [6, 6.07) is 8.41. The topological polar surface area (TPSA) is 149 Å². The molecule has 1 saturated carbocycles. The average molecular weight is 548 g/mol. The minimum absolute atomic E-state index is 0.127. The number of hydrogen-bond acceptors (Lipinski definition) is 8. The summed E-state index contributed by atoms with van der Waals surface area (Å²) in [4.78, 5) is 35.5. The smallest absolute Gasteiger partial charge is 0.316 e. The van der Waals surface area contributed by atoms with Crippen molar-refractivity contribution in [2.75, 3.05) is 11.9 Å². The third-order valence-corrected chi connectivity index (χ3v) is 12.4. The van der Waals surface area contributed by atoms with E-state index in [2.05, 4.69) is 54.1 Å². The monoisotopic (exact) mass is 547 g/mol. The SMILES string of the molecule is CC(C)(C)[Si](C)(C)OC1[C@H](n2cnc3c(NC(=O)c4ccccc4)ncnc32)C[C@H](CO)[C@H]1O[PH](=O)O. The molecule has 1 aliphatic carbocycles. The van der Waals surface area contributed by atoms with Gasteiger partial charge in [-0.2, -0.15) is 0 Å². The Morgan fingerprint density at radius 1 is 1.19 bits per heavy atom. The first-order chi connectivity index (χ1) is 17.4. The summed E-state index contributed by atoms with van der Waals surface area (Å²) < 4.78 is 25.8. The molecule has 0 aliphatic heterocycles. The largest absolute Gasteiger partial charge is 0.409 e. The van der Waals surface area contributed by atoms with Gasteiger partial charge in [-0.15, -0.1) is 0 Å². The molecule has 0 radical (unpaired) electrons. The molecule has 0 spiro atoms. The van der Waals surface area contributed by atoms with Crippen molar-refractivity contribution in [2.24, 2.45) is 5.92 Å². The van der Waals surface area contributed by atoms with Crippen molar-refractivity contribution in [3.05, 3.63) is 48.5 Å². The Kier molecular flexibility index (Phi) is 7.98. The highest BCUT2D eigenvalue weighted by molar-refractivity contribution is 7.32. The van der Waals surface area contributed by atoms with Crippen LogP contribution in [0.25, 0.3) is 11.2 Å². The molecule has 2 unspecified atom stereocenters. The number of rotatable bonds is 8. The van der Waals surface area contributed by atoms with Crippen molar-refractivity contribution in [1.29, 1.82) is 0 Å². The van der Waals surface area contributed by atoms with Crippen LogP contribution in [-0.4, -0.2) is 62.6 Å². The van der Waals surface area contributed by atoms with E-state index in [0.29, 0.717) is 23.1 Å². The molecule has 2 heterocycles. The van der Waals surface area contributed by atoms with Crippen molar-refractivity contribution in [1.82, 2.24) is 19.5 Å². The number of fused-ring (bicyclic) bond motifs is 1. The van der Waals surface area contributed by atoms with Gasteiger partial charge in [0.2, 0.25) is 0 Å². The second-order valence-corrected chi connectivity index (χ2v) is 16.3. The first-order valence-corrected chi connectivity index (χ1v) is 16.3. The lowest BCUT2D eigenvalue weighted by molar-refractivity contribution is 0.0178. The zero-order chi connectivity index (χ0) is 27.0. The van der Waals surface area contributed by atoms with Gasteiger partial charge in [0.1, 0.15) is 6.33 Å². The number of benzene rings is 1. The van der Waals surface area contributed by atoms with Crippen molar-refractivity contribution < 1.29 is 28.3 Å². The second-order valence-electron chi connectivity index (χ2n) is 10.8. The van der Waals surface area contributed by atoms with Crippen LogP contribution in [-0.2, 0) is 13.5 Å². The lowest BCUT2D eigenvalue weighted by Crippen LogP contribution is -2.48. The Morgan fingerprint density at radius 3 is 2.51 bits per heavy atom. The average Bonchev–Trinajstić information content (AvgIpc) is 3.40. The minimum atomic E-state index is -3.29. The number of aliphatic hydroxyl groups excluding tert-OH is 1. The summed E-state index contributed by atoms with van der Waals surface area (Å²) in [6.07, 6.45) is 1.98. The standard InChI is InChI=1S/C24H34N5O6PSi/c1-24(2,3)37(4,5)35-20-17(11-16(12-30)19(20)34-36(32)33)29-14-27-18-21(25-13-26-22(18)29)28-23(31)15-9-7-6-8-10-15/h6-10,13-14,16-17,19-20,30,36H,11-12H2,1-5H3,(H,32,33)(H,25,26,28,31)/t16-,17-,19-,20?/m1/s1. The van der Waals surface area contributed by atoms with Gasteiger partial charge in [0.15, 0.2) is 25.3 Å². The summed E-state index contributed by atoms with van der Waals surface area (Å²) in [7, 11) is -5.64. The Hall–Kier alpha value is -2.47. The van der Waals surface area contributed by atoms with Gasteiger partial charge in [0.05, 0.1) is 24.6 Å². The Morgan fingerprint density at radius 2 is 1.89 bits per heavy atom. The minimum Gasteiger partial charge on any atom is -0.409 e. The number of anilines is 1.